The molecule has 1 aromatic carbocycles. The van der Waals surface area contributed by atoms with Crippen molar-refractivity contribution in [2.75, 3.05) is 44.2 Å². The second kappa shape index (κ2) is 8.91. The molecule has 30 heavy (non-hydrogen) atoms. The quantitative estimate of drug-likeness (QED) is 0.719. The average molecular weight is 449 g/mol. The molecule has 2 fully saturated rings. The Balaban J connectivity index is 1.49. The number of aromatic nitrogens is 1. The number of hydrogen-bond acceptors (Lipinski definition) is 5. The minimum absolute atomic E-state index is 0.0176. The smallest absolute Gasteiger partial charge is 0.254 e. The summed E-state index contributed by atoms with van der Waals surface area (Å²) in [6.07, 6.45) is 4.47. The van der Waals surface area contributed by atoms with E-state index in [4.69, 9.17) is 11.6 Å². The molecule has 160 valence electrons. The number of nitrogens with zero attached hydrogens (tertiary/aromatic N) is 4. The Hall–Kier alpha value is -2.16. The van der Waals surface area contributed by atoms with Gasteiger partial charge in [-0.1, -0.05) is 24.1 Å². The van der Waals surface area contributed by atoms with Crippen molar-refractivity contribution < 1.29 is 13.2 Å². The highest BCUT2D eigenvalue weighted by molar-refractivity contribution is 7.89. The van der Waals surface area contributed by atoms with Gasteiger partial charge in [0.2, 0.25) is 10.0 Å². The highest BCUT2D eigenvalue weighted by atomic mass is 35.5. The lowest BCUT2D eigenvalue weighted by molar-refractivity contribution is 0.0746. The van der Waals surface area contributed by atoms with Gasteiger partial charge < -0.3 is 9.80 Å². The minimum atomic E-state index is -3.71. The molecule has 0 bridgehead atoms. The monoisotopic (exact) mass is 448 g/mol. The maximum atomic E-state index is 13.1. The highest BCUT2D eigenvalue weighted by Gasteiger charge is 2.30. The minimum Gasteiger partial charge on any atom is -0.353 e. The first kappa shape index (κ1) is 21.1. The lowest BCUT2D eigenvalue weighted by Crippen LogP contribution is -2.49. The van der Waals surface area contributed by atoms with Crippen molar-refractivity contribution in [2.45, 2.75) is 24.2 Å². The van der Waals surface area contributed by atoms with Gasteiger partial charge in [0.1, 0.15) is 10.7 Å². The van der Waals surface area contributed by atoms with E-state index in [0.717, 1.165) is 25.1 Å². The number of carbonyl (C=O) groups excluding carboxylic acids is 1. The van der Waals surface area contributed by atoms with E-state index in [1.807, 2.05) is 18.2 Å². The number of benzene rings is 1. The number of pyridine rings is 1. The molecule has 7 nitrogen and oxygen atoms in total. The van der Waals surface area contributed by atoms with Crippen LogP contribution in [0, 0.1) is 0 Å². The van der Waals surface area contributed by atoms with Crippen molar-refractivity contribution in [3.05, 3.63) is 53.2 Å². The van der Waals surface area contributed by atoms with Crippen molar-refractivity contribution in [3.63, 3.8) is 0 Å². The molecule has 0 spiro atoms. The zero-order chi connectivity index (χ0) is 21.1. The summed E-state index contributed by atoms with van der Waals surface area (Å²) >= 11 is 6.23. The average Bonchev–Trinajstić information content (AvgIpc) is 2.80. The number of halogens is 1. The van der Waals surface area contributed by atoms with E-state index < -0.39 is 10.0 Å². The van der Waals surface area contributed by atoms with Gasteiger partial charge in [-0.15, -0.1) is 0 Å². The van der Waals surface area contributed by atoms with Gasteiger partial charge in [-0.3, -0.25) is 4.79 Å². The van der Waals surface area contributed by atoms with E-state index in [9.17, 15) is 13.2 Å². The van der Waals surface area contributed by atoms with Gasteiger partial charge in [-0.25, -0.2) is 13.4 Å². The molecule has 1 aromatic heterocycles. The van der Waals surface area contributed by atoms with E-state index in [1.165, 1.54) is 16.4 Å². The molecular weight excluding hydrogens is 424 g/mol. The predicted molar refractivity (Wildman–Crippen MR) is 116 cm³/mol. The third kappa shape index (κ3) is 4.31. The highest BCUT2D eigenvalue weighted by Crippen LogP contribution is 2.28. The molecule has 0 N–H and O–H groups in total. The molecule has 9 heteroatoms. The second-order valence-corrected chi connectivity index (χ2v) is 9.89. The van der Waals surface area contributed by atoms with E-state index in [0.29, 0.717) is 44.8 Å². The Morgan fingerprint density at radius 1 is 0.933 bits per heavy atom. The summed E-state index contributed by atoms with van der Waals surface area (Å²) in [6.45, 7) is 3.43. The topological polar surface area (TPSA) is 73.8 Å². The van der Waals surface area contributed by atoms with Crippen molar-refractivity contribution in [1.82, 2.24) is 14.2 Å². The molecule has 2 aliphatic rings. The maximum Gasteiger partial charge on any atom is 0.254 e. The Kier molecular flexibility index (Phi) is 6.26. The molecule has 2 saturated heterocycles. The first-order valence-electron chi connectivity index (χ1n) is 10.2. The van der Waals surface area contributed by atoms with Crippen LogP contribution in [0.5, 0.6) is 0 Å². The van der Waals surface area contributed by atoms with E-state index in [2.05, 4.69) is 9.88 Å². The first-order chi connectivity index (χ1) is 14.5. The number of hydrogen-bond donors (Lipinski definition) is 0. The molecule has 2 aromatic rings. The maximum absolute atomic E-state index is 13.1. The number of amides is 1. The Labute approximate surface area is 182 Å². The van der Waals surface area contributed by atoms with Gasteiger partial charge in [0, 0.05) is 51.0 Å². The number of piperazine rings is 1. The van der Waals surface area contributed by atoms with Gasteiger partial charge in [-0.05, 0) is 43.2 Å². The number of sulfonamides is 1. The molecule has 0 saturated carbocycles. The molecule has 0 radical (unpaired) electrons. The summed E-state index contributed by atoms with van der Waals surface area (Å²) in [6, 6.07) is 10.3. The van der Waals surface area contributed by atoms with E-state index in [-0.39, 0.29) is 15.8 Å². The fourth-order valence-corrected chi connectivity index (χ4v) is 5.96. The summed E-state index contributed by atoms with van der Waals surface area (Å²) in [5.41, 5.74) is 0.348. The van der Waals surface area contributed by atoms with Crippen LogP contribution in [-0.2, 0) is 10.0 Å². The number of rotatable bonds is 4. The van der Waals surface area contributed by atoms with Crippen LogP contribution in [0.25, 0.3) is 0 Å². The summed E-state index contributed by atoms with van der Waals surface area (Å²) < 4.78 is 27.6. The molecule has 2 aliphatic heterocycles. The molecule has 1 amide bonds. The van der Waals surface area contributed by atoms with Gasteiger partial charge in [0.25, 0.3) is 5.91 Å². The van der Waals surface area contributed by atoms with Crippen molar-refractivity contribution in [2.24, 2.45) is 0 Å². The van der Waals surface area contributed by atoms with Crippen molar-refractivity contribution in [3.8, 4) is 0 Å². The molecular formula is C21H25ClN4O3S. The molecule has 0 atom stereocenters. The molecule has 3 heterocycles. The summed E-state index contributed by atoms with van der Waals surface area (Å²) in [5, 5.41) is 0.150. The van der Waals surface area contributed by atoms with Crippen LogP contribution in [0.4, 0.5) is 5.82 Å². The zero-order valence-electron chi connectivity index (χ0n) is 16.7. The van der Waals surface area contributed by atoms with Crippen molar-refractivity contribution in [1.29, 1.82) is 0 Å². The normalized spacial score (nSPS) is 18.4. The van der Waals surface area contributed by atoms with Crippen molar-refractivity contribution >= 4 is 33.3 Å². The van der Waals surface area contributed by atoms with Crippen LogP contribution >= 0.6 is 11.6 Å². The van der Waals surface area contributed by atoms with Crippen LogP contribution in [-0.4, -0.2) is 67.8 Å². The van der Waals surface area contributed by atoms with Gasteiger partial charge in [-0.2, -0.15) is 4.31 Å². The van der Waals surface area contributed by atoms with Gasteiger partial charge >= 0.3 is 0 Å². The summed E-state index contributed by atoms with van der Waals surface area (Å²) in [7, 11) is -3.71. The third-order valence-electron chi connectivity index (χ3n) is 5.65. The first-order valence-corrected chi connectivity index (χ1v) is 12.0. The standard InChI is InChI=1S/C21H25ClN4O3S/c22-18-8-7-17(16-19(18)30(28,29)26-10-4-1-5-11-26)21(27)25-14-12-24(13-15-25)20-6-2-3-9-23-20/h2-3,6-9,16H,1,4-5,10-15H2. The van der Waals surface area contributed by atoms with Gasteiger partial charge in [0.15, 0.2) is 0 Å². The summed E-state index contributed by atoms with van der Waals surface area (Å²) in [5.74, 6) is 0.716. The number of anilines is 1. The molecule has 0 unspecified atom stereocenters. The fraction of sp³-hybridized carbons (Fsp3) is 0.429. The van der Waals surface area contributed by atoms with Crippen LogP contribution in [0.15, 0.2) is 47.5 Å². The lowest BCUT2D eigenvalue weighted by atomic mass is 10.2. The van der Waals surface area contributed by atoms with Crippen LogP contribution in [0.3, 0.4) is 0 Å². The molecule has 0 aliphatic carbocycles. The number of carbonyl (C=O) groups is 1. The lowest BCUT2D eigenvalue weighted by Gasteiger charge is -2.35. The Morgan fingerprint density at radius 2 is 1.67 bits per heavy atom. The Morgan fingerprint density at radius 3 is 2.33 bits per heavy atom. The van der Waals surface area contributed by atoms with E-state index in [1.54, 1.807) is 17.2 Å². The second-order valence-electron chi connectivity index (χ2n) is 7.58. The number of piperidine rings is 1. The molecule has 4 rings (SSSR count). The van der Waals surface area contributed by atoms with Crippen LogP contribution < -0.4 is 4.90 Å². The summed E-state index contributed by atoms with van der Waals surface area (Å²) in [4.78, 5) is 21.3. The zero-order valence-corrected chi connectivity index (χ0v) is 18.3. The van der Waals surface area contributed by atoms with Gasteiger partial charge in [0.05, 0.1) is 5.02 Å². The SMILES string of the molecule is O=C(c1ccc(Cl)c(S(=O)(=O)N2CCCCC2)c1)N1CCN(c2ccccn2)CC1. The van der Waals surface area contributed by atoms with Crippen LogP contribution in [0.2, 0.25) is 5.02 Å². The third-order valence-corrected chi connectivity index (χ3v) is 8.03. The predicted octanol–water partition coefficient (Wildman–Crippen LogP) is 2.87. The Bertz CT molecular complexity index is 1000. The van der Waals surface area contributed by atoms with E-state index >= 15 is 0 Å². The fourth-order valence-electron chi connectivity index (χ4n) is 3.94. The van der Waals surface area contributed by atoms with Crippen LogP contribution in [0.1, 0.15) is 29.6 Å². The largest absolute Gasteiger partial charge is 0.353 e.